The lowest BCUT2D eigenvalue weighted by molar-refractivity contribution is 0.0320. The number of halogens is 4. The van der Waals surface area contributed by atoms with Gasteiger partial charge < -0.3 is 10.5 Å². The maximum atomic E-state index is 14.8. The van der Waals surface area contributed by atoms with Crippen LogP contribution >= 0.6 is 11.6 Å². The molecule has 7 nitrogen and oxygen atoms in total. The van der Waals surface area contributed by atoms with Gasteiger partial charge in [0.2, 0.25) is 0 Å². The van der Waals surface area contributed by atoms with E-state index >= 15 is 0 Å². The SMILES string of the molecule is Cc1nc2c(-c3cc(F)c(F)cc3F)nc([C@H]3CCO[C@@H](/C(C=NC4CC4)=C/N)C3)cn2c(=O)c1Cl. The first-order valence-corrected chi connectivity index (χ1v) is 12.0. The summed E-state index contributed by atoms with van der Waals surface area (Å²) in [5.74, 6) is -3.82. The molecule has 188 valence electrons. The van der Waals surface area contributed by atoms with Crippen LogP contribution < -0.4 is 11.3 Å². The highest BCUT2D eigenvalue weighted by atomic mass is 35.5. The summed E-state index contributed by atoms with van der Waals surface area (Å²) in [5, 5.41) is -0.101. The summed E-state index contributed by atoms with van der Waals surface area (Å²) in [5.41, 5.74) is 6.22. The minimum Gasteiger partial charge on any atom is -0.404 e. The number of hydrogen-bond acceptors (Lipinski definition) is 6. The summed E-state index contributed by atoms with van der Waals surface area (Å²) in [7, 11) is 0. The van der Waals surface area contributed by atoms with Crippen LogP contribution in [0.5, 0.6) is 0 Å². The maximum Gasteiger partial charge on any atom is 0.277 e. The zero-order valence-corrected chi connectivity index (χ0v) is 20.1. The molecule has 2 aromatic heterocycles. The first-order chi connectivity index (χ1) is 17.3. The van der Waals surface area contributed by atoms with Gasteiger partial charge in [-0.05, 0) is 38.7 Å². The number of nitrogens with two attached hydrogens (primary N) is 1. The lowest BCUT2D eigenvalue weighted by Gasteiger charge is -2.30. The smallest absolute Gasteiger partial charge is 0.277 e. The van der Waals surface area contributed by atoms with Gasteiger partial charge in [-0.3, -0.25) is 14.2 Å². The van der Waals surface area contributed by atoms with Gasteiger partial charge in [0, 0.05) is 48.3 Å². The Bertz CT molecular complexity index is 1470. The lowest BCUT2D eigenvalue weighted by atomic mass is 9.89. The number of aromatic nitrogens is 3. The van der Waals surface area contributed by atoms with E-state index in [0.717, 1.165) is 18.4 Å². The second-order valence-corrected chi connectivity index (χ2v) is 9.41. The van der Waals surface area contributed by atoms with E-state index in [1.54, 1.807) is 6.21 Å². The molecular formula is C25H23ClF3N5O2. The summed E-state index contributed by atoms with van der Waals surface area (Å²) < 4.78 is 49.7. The molecular weight excluding hydrogens is 495 g/mol. The van der Waals surface area contributed by atoms with E-state index in [4.69, 9.17) is 22.1 Å². The van der Waals surface area contributed by atoms with Gasteiger partial charge in [-0.2, -0.15) is 0 Å². The van der Waals surface area contributed by atoms with Crippen LogP contribution in [0, 0.1) is 24.4 Å². The molecule has 0 bridgehead atoms. The van der Waals surface area contributed by atoms with Crippen molar-refractivity contribution < 1.29 is 17.9 Å². The largest absolute Gasteiger partial charge is 0.404 e. The number of fused-ring (bicyclic) bond motifs is 1. The summed E-state index contributed by atoms with van der Waals surface area (Å²) in [6.07, 6.45) is 7.50. The molecule has 2 atom stereocenters. The van der Waals surface area contributed by atoms with Crippen LogP contribution in [-0.2, 0) is 4.74 Å². The van der Waals surface area contributed by atoms with Crippen molar-refractivity contribution >= 4 is 23.5 Å². The van der Waals surface area contributed by atoms with Gasteiger partial charge in [-0.25, -0.2) is 23.1 Å². The fraction of sp³-hybridized carbons (Fsp3) is 0.360. The minimum atomic E-state index is -1.33. The molecule has 5 rings (SSSR count). The molecule has 0 amide bonds. The van der Waals surface area contributed by atoms with Crippen molar-refractivity contribution in [3.05, 3.63) is 74.3 Å². The lowest BCUT2D eigenvalue weighted by Crippen LogP contribution is -2.29. The van der Waals surface area contributed by atoms with Gasteiger partial charge in [-0.15, -0.1) is 0 Å². The first-order valence-electron chi connectivity index (χ1n) is 11.6. The van der Waals surface area contributed by atoms with Crippen molar-refractivity contribution in [2.24, 2.45) is 10.7 Å². The predicted molar refractivity (Wildman–Crippen MR) is 130 cm³/mol. The Balaban J connectivity index is 1.62. The van der Waals surface area contributed by atoms with Gasteiger partial charge >= 0.3 is 0 Å². The number of rotatable bonds is 5. The molecule has 1 aromatic carbocycles. The second kappa shape index (κ2) is 9.67. The van der Waals surface area contributed by atoms with Crippen LogP contribution in [0.25, 0.3) is 16.9 Å². The van der Waals surface area contributed by atoms with Crippen molar-refractivity contribution in [3.8, 4) is 11.3 Å². The van der Waals surface area contributed by atoms with Crippen molar-refractivity contribution in [2.45, 2.75) is 50.7 Å². The number of benzene rings is 1. The second-order valence-electron chi connectivity index (χ2n) is 9.03. The maximum absolute atomic E-state index is 14.8. The summed E-state index contributed by atoms with van der Waals surface area (Å²) >= 11 is 6.16. The van der Waals surface area contributed by atoms with Gasteiger partial charge in [0.25, 0.3) is 5.56 Å². The molecule has 1 saturated carbocycles. The average Bonchev–Trinajstić information content (AvgIpc) is 3.70. The van der Waals surface area contributed by atoms with Gasteiger partial charge in [-0.1, -0.05) is 11.6 Å². The first kappa shape index (κ1) is 24.5. The van der Waals surface area contributed by atoms with Crippen LogP contribution in [0.2, 0.25) is 5.02 Å². The Labute approximate surface area is 209 Å². The molecule has 1 aliphatic heterocycles. The molecule has 0 spiro atoms. The summed E-state index contributed by atoms with van der Waals surface area (Å²) in [6.45, 7) is 1.91. The molecule has 1 saturated heterocycles. The van der Waals surface area contributed by atoms with E-state index in [1.165, 1.54) is 23.7 Å². The third-order valence-corrected chi connectivity index (χ3v) is 6.89. The van der Waals surface area contributed by atoms with Crippen molar-refractivity contribution in [3.63, 3.8) is 0 Å². The molecule has 0 unspecified atom stereocenters. The van der Waals surface area contributed by atoms with Crippen LogP contribution in [0.15, 0.2) is 39.9 Å². The third kappa shape index (κ3) is 4.62. The van der Waals surface area contributed by atoms with Crippen molar-refractivity contribution in [1.29, 1.82) is 0 Å². The minimum absolute atomic E-state index is 0.0155. The Morgan fingerprint density at radius 1 is 1.19 bits per heavy atom. The van der Waals surface area contributed by atoms with E-state index in [9.17, 15) is 18.0 Å². The van der Waals surface area contributed by atoms with E-state index < -0.39 is 23.0 Å². The number of aliphatic imine (C=N–C) groups is 1. The van der Waals surface area contributed by atoms with E-state index in [-0.39, 0.29) is 39.6 Å². The molecule has 3 heterocycles. The highest BCUT2D eigenvalue weighted by Gasteiger charge is 2.29. The van der Waals surface area contributed by atoms with Crippen LogP contribution in [0.4, 0.5) is 13.2 Å². The molecule has 1 aliphatic carbocycles. The number of aryl methyl sites for hydroxylation is 1. The quantitative estimate of drug-likeness (QED) is 0.398. The average molecular weight is 518 g/mol. The fourth-order valence-corrected chi connectivity index (χ4v) is 4.41. The predicted octanol–water partition coefficient (Wildman–Crippen LogP) is 4.47. The third-order valence-electron chi connectivity index (χ3n) is 6.45. The van der Waals surface area contributed by atoms with Crippen LogP contribution in [0.1, 0.15) is 43.0 Å². The molecule has 3 aromatic rings. The number of hydrogen-bond donors (Lipinski definition) is 1. The Morgan fingerprint density at radius 2 is 1.94 bits per heavy atom. The highest BCUT2D eigenvalue weighted by Crippen LogP contribution is 2.35. The summed E-state index contributed by atoms with van der Waals surface area (Å²) in [6, 6.07) is 1.48. The molecule has 36 heavy (non-hydrogen) atoms. The number of nitrogens with zero attached hydrogens (tertiary/aromatic N) is 4. The van der Waals surface area contributed by atoms with E-state index in [1.807, 2.05) is 0 Å². The van der Waals surface area contributed by atoms with Crippen LogP contribution in [-0.4, -0.2) is 39.3 Å². The van der Waals surface area contributed by atoms with Crippen molar-refractivity contribution in [1.82, 2.24) is 14.4 Å². The Kier molecular flexibility index (Phi) is 6.57. The standard InChI is InChI=1S/C25H23ClF3N5O2/c1-12-22(26)25(35)34-11-20(13-4-5-36-21(6-13)14(9-30)10-31-15-2-3-15)33-23(24(34)32-12)16-7-18(28)19(29)8-17(16)27/h7-11,13,15,21H,2-6,30H2,1H3/b14-9+,31-10?/t13-,21+/m0/s1. The molecule has 11 heteroatoms. The van der Waals surface area contributed by atoms with E-state index in [0.29, 0.717) is 43.3 Å². The van der Waals surface area contributed by atoms with Gasteiger partial charge in [0.15, 0.2) is 17.3 Å². The van der Waals surface area contributed by atoms with Crippen molar-refractivity contribution in [2.75, 3.05) is 6.61 Å². The Morgan fingerprint density at radius 3 is 2.67 bits per heavy atom. The van der Waals surface area contributed by atoms with Gasteiger partial charge in [0.05, 0.1) is 23.5 Å². The van der Waals surface area contributed by atoms with Gasteiger partial charge in [0.1, 0.15) is 16.5 Å². The molecule has 2 N–H and O–H groups in total. The number of ether oxygens (including phenoxy) is 1. The monoisotopic (exact) mass is 517 g/mol. The summed E-state index contributed by atoms with van der Waals surface area (Å²) in [4.78, 5) is 26.4. The highest BCUT2D eigenvalue weighted by molar-refractivity contribution is 6.31. The van der Waals surface area contributed by atoms with E-state index in [2.05, 4.69) is 15.0 Å². The molecule has 2 fully saturated rings. The fourth-order valence-electron chi connectivity index (χ4n) is 4.27. The zero-order valence-electron chi connectivity index (χ0n) is 19.3. The molecule has 0 radical (unpaired) electrons. The normalized spacial score (nSPS) is 21.0. The topological polar surface area (TPSA) is 94.9 Å². The van der Waals surface area contributed by atoms with Crippen LogP contribution in [0.3, 0.4) is 0 Å². The zero-order chi connectivity index (χ0) is 25.6. The Hall–Kier alpha value is -3.24. The molecule has 2 aliphatic rings.